The Morgan fingerprint density at radius 2 is 2.25 bits per heavy atom. The molecule has 1 fully saturated rings. The topological polar surface area (TPSA) is 38.7 Å². The van der Waals surface area contributed by atoms with Crippen LogP contribution in [0.5, 0.6) is 0 Å². The van der Waals surface area contributed by atoms with Crippen LogP contribution in [-0.2, 0) is 9.47 Å². The van der Waals surface area contributed by atoms with E-state index in [4.69, 9.17) is 9.47 Å². The largest absolute Gasteiger partial charge is 0.386 e. The van der Waals surface area contributed by atoms with Crippen molar-refractivity contribution < 1.29 is 14.6 Å². The molecule has 3 heteroatoms. The smallest absolute Gasteiger partial charge is 0.163 e. The summed E-state index contributed by atoms with van der Waals surface area (Å²) in [6, 6.07) is 0. The standard InChI is InChI=1S/C8H14O3.CH4/c1-4-6(9)7-5-10-8(2,3)11-7;/h4,6-7,9H,1,5H2,2-3H3;1H4/t6?,7-;/m1./s1. The quantitative estimate of drug-likeness (QED) is 0.642. The van der Waals surface area contributed by atoms with Gasteiger partial charge in [0.15, 0.2) is 5.79 Å². The van der Waals surface area contributed by atoms with Gasteiger partial charge in [0.2, 0.25) is 0 Å². The fraction of sp³-hybridized carbons (Fsp3) is 0.778. The van der Waals surface area contributed by atoms with Crippen molar-refractivity contribution in [3.8, 4) is 0 Å². The van der Waals surface area contributed by atoms with Gasteiger partial charge in [0.05, 0.1) is 6.61 Å². The molecule has 0 aromatic heterocycles. The number of rotatable bonds is 2. The Balaban J connectivity index is 0.00000121. The molecule has 1 rings (SSSR count). The van der Waals surface area contributed by atoms with Gasteiger partial charge in [-0.15, -0.1) is 6.58 Å². The van der Waals surface area contributed by atoms with Crippen molar-refractivity contribution in [3.63, 3.8) is 0 Å². The van der Waals surface area contributed by atoms with Crippen molar-refractivity contribution in [1.29, 1.82) is 0 Å². The van der Waals surface area contributed by atoms with Gasteiger partial charge in [0.25, 0.3) is 0 Å². The molecule has 72 valence electrons. The summed E-state index contributed by atoms with van der Waals surface area (Å²) in [6.07, 6.45) is 0.564. The van der Waals surface area contributed by atoms with Crippen molar-refractivity contribution in [1.82, 2.24) is 0 Å². The lowest BCUT2D eigenvalue weighted by Gasteiger charge is -2.18. The third-order valence-corrected chi connectivity index (χ3v) is 1.65. The van der Waals surface area contributed by atoms with Gasteiger partial charge >= 0.3 is 0 Å². The van der Waals surface area contributed by atoms with Gasteiger partial charge in [0, 0.05) is 0 Å². The lowest BCUT2D eigenvalue weighted by Crippen LogP contribution is -2.28. The second-order valence-electron chi connectivity index (χ2n) is 3.09. The van der Waals surface area contributed by atoms with Crippen LogP contribution in [0, 0.1) is 0 Å². The molecule has 1 aliphatic rings. The van der Waals surface area contributed by atoms with E-state index in [1.54, 1.807) is 0 Å². The highest BCUT2D eigenvalue weighted by Gasteiger charge is 2.35. The van der Waals surface area contributed by atoms with Crippen LogP contribution in [-0.4, -0.2) is 29.7 Å². The van der Waals surface area contributed by atoms with Crippen molar-refractivity contribution in [3.05, 3.63) is 12.7 Å². The van der Waals surface area contributed by atoms with E-state index in [1.807, 2.05) is 13.8 Å². The average Bonchev–Trinajstić information content (AvgIpc) is 2.29. The molecule has 1 heterocycles. The summed E-state index contributed by atoms with van der Waals surface area (Å²) in [7, 11) is 0. The molecule has 1 aliphatic heterocycles. The van der Waals surface area contributed by atoms with Crippen LogP contribution in [0.15, 0.2) is 12.7 Å². The predicted octanol–water partition coefficient (Wildman–Crippen LogP) is 1.32. The van der Waals surface area contributed by atoms with Gasteiger partial charge in [-0.25, -0.2) is 0 Å². The molecule has 3 nitrogen and oxygen atoms in total. The second kappa shape index (κ2) is 4.03. The zero-order valence-corrected chi connectivity index (χ0v) is 6.91. The van der Waals surface area contributed by atoms with Crippen LogP contribution < -0.4 is 0 Å². The van der Waals surface area contributed by atoms with E-state index < -0.39 is 11.9 Å². The summed E-state index contributed by atoms with van der Waals surface area (Å²) in [5.74, 6) is -0.561. The van der Waals surface area contributed by atoms with E-state index >= 15 is 0 Å². The van der Waals surface area contributed by atoms with Crippen LogP contribution in [0.25, 0.3) is 0 Å². The van der Waals surface area contributed by atoms with E-state index in [1.165, 1.54) is 6.08 Å². The van der Waals surface area contributed by atoms with Crippen LogP contribution in [0.4, 0.5) is 0 Å². The van der Waals surface area contributed by atoms with E-state index in [2.05, 4.69) is 6.58 Å². The lowest BCUT2D eigenvalue weighted by molar-refractivity contribution is -0.147. The molecule has 1 unspecified atom stereocenters. The molecule has 0 bridgehead atoms. The molecule has 2 atom stereocenters. The number of aliphatic hydroxyl groups excluding tert-OH is 1. The molecule has 0 saturated carbocycles. The van der Waals surface area contributed by atoms with E-state index in [0.29, 0.717) is 6.61 Å². The Morgan fingerprint density at radius 3 is 2.58 bits per heavy atom. The van der Waals surface area contributed by atoms with Crippen molar-refractivity contribution >= 4 is 0 Å². The Labute approximate surface area is 74.0 Å². The molecule has 0 spiro atoms. The van der Waals surface area contributed by atoms with E-state index in [-0.39, 0.29) is 13.5 Å². The van der Waals surface area contributed by atoms with Crippen LogP contribution >= 0.6 is 0 Å². The molecule has 0 aromatic rings. The second-order valence-corrected chi connectivity index (χ2v) is 3.09. The highest BCUT2D eigenvalue weighted by molar-refractivity contribution is 4.88. The minimum atomic E-state index is -0.628. The number of hydrogen-bond donors (Lipinski definition) is 1. The van der Waals surface area contributed by atoms with Crippen LogP contribution in [0.1, 0.15) is 21.3 Å². The molecule has 0 aliphatic carbocycles. The van der Waals surface area contributed by atoms with Crippen LogP contribution in [0.3, 0.4) is 0 Å². The number of ether oxygens (including phenoxy) is 2. The third-order valence-electron chi connectivity index (χ3n) is 1.65. The Morgan fingerprint density at radius 1 is 1.67 bits per heavy atom. The Bertz CT molecular complexity index is 154. The summed E-state index contributed by atoms with van der Waals surface area (Å²) in [5, 5.41) is 9.27. The van der Waals surface area contributed by atoms with Crippen molar-refractivity contribution in [2.45, 2.75) is 39.3 Å². The lowest BCUT2D eigenvalue weighted by atomic mass is 10.2. The van der Waals surface area contributed by atoms with Gasteiger partial charge in [-0.1, -0.05) is 13.5 Å². The van der Waals surface area contributed by atoms with Gasteiger partial charge in [-0.05, 0) is 13.8 Å². The summed E-state index contributed by atoms with van der Waals surface area (Å²) in [6.45, 7) is 7.54. The highest BCUT2D eigenvalue weighted by atomic mass is 16.7. The maximum atomic E-state index is 9.27. The number of hydrogen-bond acceptors (Lipinski definition) is 3. The molecule has 0 radical (unpaired) electrons. The van der Waals surface area contributed by atoms with Gasteiger partial charge in [0.1, 0.15) is 12.2 Å². The first kappa shape index (κ1) is 11.6. The maximum absolute atomic E-state index is 9.27. The highest BCUT2D eigenvalue weighted by Crippen LogP contribution is 2.24. The third kappa shape index (κ3) is 2.59. The molecule has 0 amide bonds. The van der Waals surface area contributed by atoms with Crippen molar-refractivity contribution in [2.24, 2.45) is 0 Å². The summed E-state index contributed by atoms with van der Waals surface area (Å²) < 4.78 is 10.6. The number of aliphatic hydroxyl groups is 1. The monoisotopic (exact) mass is 174 g/mol. The van der Waals surface area contributed by atoms with Crippen LogP contribution in [0.2, 0.25) is 0 Å². The Kier molecular flexibility index (Phi) is 3.90. The minimum absolute atomic E-state index is 0. The average molecular weight is 174 g/mol. The molecular weight excluding hydrogens is 156 g/mol. The first-order valence-corrected chi connectivity index (χ1v) is 3.67. The van der Waals surface area contributed by atoms with E-state index in [0.717, 1.165) is 0 Å². The van der Waals surface area contributed by atoms with Gasteiger partial charge < -0.3 is 14.6 Å². The summed E-state index contributed by atoms with van der Waals surface area (Å²) in [5.41, 5.74) is 0. The first-order valence-electron chi connectivity index (χ1n) is 3.67. The predicted molar refractivity (Wildman–Crippen MR) is 47.8 cm³/mol. The summed E-state index contributed by atoms with van der Waals surface area (Å²) in [4.78, 5) is 0. The Hall–Kier alpha value is -0.380. The maximum Gasteiger partial charge on any atom is 0.163 e. The van der Waals surface area contributed by atoms with Gasteiger partial charge in [-0.3, -0.25) is 0 Å². The van der Waals surface area contributed by atoms with E-state index in [9.17, 15) is 5.11 Å². The summed E-state index contributed by atoms with van der Waals surface area (Å²) >= 11 is 0. The van der Waals surface area contributed by atoms with Gasteiger partial charge in [-0.2, -0.15) is 0 Å². The fourth-order valence-corrected chi connectivity index (χ4v) is 1.04. The zero-order valence-electron chi connectivity index (χ0n) is 6.91. The fourth-order valence-electron chi connectivity index (χ4n) is 1.04. The normalized spacial score (nSPS) is 29.1. The molecule has 0 aromatic carbocycles. The molecule has 12 heavy (non-hydrogen) atoms. The first-order chi connectivity index (χ1) is 5.05. The zero-order chi connectivity index (χ0) is 8.48. The van der Waals surface area contributed by atoms with Crippen molar-refractivity contribution in [2.75, 3.05) is 6.61 Å². The molecular formula is C9H18O3. The minimum Gasteiger partial charge on any atom is -0.386 e. The molecule has 1 N–H and O–H groups in total. The SMILES string of the molecule is C.C=CC(O)[C@H]1COC(C)(C)O1. The molecule has 1 saturated heterocycles.